The van der Waals surface area contributed by atoms with Gasteiger partial charge in [0.15, 0.2) is 0 Å². The molecule has 3 amide bonds. The minimum Gasteiger partial charge on any atom is -0.339 e. The van der Waals surface area contributed by atoms with E-state index in [-0.39, 0.29) is 36.7 Å². The summed E-state index contributed by atoms with van der Waals surface area (Å²) in [6.45, 7) is 2.17. The molecule has 0 aromatic heterocycles. The third kappa shape index (κ3) is 3.31. The van der Waals surface area contributed by atoms with Gasteiger partial charge in [0.05, 0.1) is 17.2 Å². The van der Waals surface area contributed by atoms with Crippen LogP contribution in [0, 0.1) is 0 Å². The molecule has 0 aliphatic carbocycles. The van der Waals surface area contributed by atoms with Crippen molar-refractivity contribution < 1.29 is 14.4 Å². The van der Waals surface area contributed by atoms with Crippen molar-refractivity contribution in [3.63, 3.8) is 0 Å². The van der Waals surface area contributed by atoms with Gasteiger partial charge in [0.25, 0.3) is 11.8 Å². The van der Waals surface area contributed by atoms with Gasteiger partial charge >= 0.3 is 0 Å². The van der Waals surface area contributed by atoms with Crippen molar-refractivity contribution in [1.82, 2.24) is 14.7 Å². The van der Waals surface area contributed by atoms with Crippen LogP contribution in [0.25, 0.3) is 0 Å². The zero-order valence-corrected chi connectivity index (χ0v) is 15.9. The zero-order chi connectivity index (χ0) is 19.7. The molecule has 2 aliphatic heterocycles. The lowest BCUT2D eigenvalue weighted by Gasteiger charge is -2.40. The zero-order valence-electron chi connectivity index (χ0n) is 15.9. The highest BCUT2D eigenvalue weighted by atomic mass is 16.2. The Morgan fingerprint density at radius 1 is 0.929 bits per heavy atom. The van der Waals surface area contributed by atoms with Crippen molar-refractivity contribution in [2.24, 2.45) is 0 Å². The summed E-state index contributed by atoms with van der Waals surface area (Å²) in [5.74, 6) is -0.645. The summed E-state index contributed by atoms with van der Waals surface area (Å²) in [6.07, 6.45) is 0.149. The van der Waals surface area contributed by atoms with Crippen LogP contribution in [0.4, 0.5) is 0 Å². The fourth-order valence-corrected chi connectivity index (χ4v) is 3.94. The molecule has 0 radical (unpaired) electrons. The predicted molar refractivity (Wildman–Crippen MR) is 105 cm³/mol. The van der Waals surface area contributed by atoms with E-state index in [1.54, 1.807) is 24.3 Å². The maximum Gasteiger partial charge on any atom is 0.261 e. The lowest BCUT2D eigenvalue weighted by molar-refractivity contribution is -0.134. The minimum absolute atomic E-state index is 0.0226. The molecule has 4 rings (SSSR count). The standard InChI is InChI=1S/C22H23N3O3/c1-23-13-14-24(15-19(23)16-7-3-2-4-8-16)20(26)11-12-25-21(27)17-9-5-6-10-18(17)22(25)28/h2-10,19H,11-15H2,1H3. The van der Waals surface area contributed by atoms with Crippen LogP contribution in [-0.2, 0) is 4.79 Å². The van der Waals surface area contributed by atoms with Crippen LogP contribution >= 0.6 is 0 Å². The second-order valence-electron chi connectivity index (χ2n) is 7.30. The average molecular weight is 377 g/mol. The smallest absolute Gasteiger partial charge is 0.261 e. The Labute approximate surface area is 164 Å². The van der Waals surface area contributed by atoms with Gasteiger partial charge in [-0.15, -0.1) is 0 Å². The number of fused-ring (bicyclic) bond motifs is 1. The van der Waals surface area contributed by atoms with Gasteiger partial charge in [0, 0.05) is 32.6 Å². The largest absolute Gasteiger partial charge is 0.339 e. The first kappa shape index (κ1) is 18.4. The molecule has 0 spiro atoms. The number of imide groups is 1. The molecule has 0 saturated carbocycles. The normalized spacial score (nSPS) is 19.8. The summed E-state index contributed by atoms with van der Waals surface area (Å²) in [4.78, 5) is 43.0. The SMILES string of the molecule is CN1CCN(C(=O)CCN2C(=O)c3ccccc3C2=O)CC1c1ccccc1. The minimum atomic E-state index is -0.311. The Kier molecular flexibility index (Phi) is 4.96. The summed E-state index contributed by atoms with van der Waals surface area (Å²) >= 11 is 0. The number of rotatable bonds is 4. The predicted octanol–water partition coefficient (Wildman–Crippen LogP) is 2.19. The molecule has 1 atom stereocenters. The molecule has 1 unspecified atom stereocenters. The molecule has 0 bridgehead atoms. The van der Waals surface area contributed by atoms with Gasteiger partial charge in [-0.1, -0.05) is 42.5 Å². The van der Waals surface area contributed by atoms with Crippen molar-refractivity contribution in [3.8, 4) is 0 Å². The van der Waals surface area contributed by atoms with E-state index in [2.05, 4.69) is 24.1 Å². The van der Waals surface area contributed by atoms with Crippen molar-refractivity contribution in [2.45, 2.75) is 12.5 Å². The van der Waals surface area contributed by atoms with Gasteiger partial charge in [-0.05, 0) is 24.7 Å². The van der Waals surface area contributed by atoms with Gasteiger partial charge < -0.3 is 4.90 Å². The van der Waals surface area contributed by atoms with E-state index in [1.807, 2.05) is 23.1 Å². The topological polar surface area (TPSA) is 60.9 Å². The number of piperazine rings is 1. The number of carbonyl (C=O) groups is 3. The molecule has 2 aromatic rings. The highest BCUT2D eigenvalue weighted by molar-refractivity contribution is 6.21. The average Bonchev–Trinajstić information content (AvgIpc) is 2.97. The van der Waals surface area contributed by atoms with E-state index in [4.69, 9.17) is 0 Å². The molecule has 28 heavy (non-hydrogen) atoms. The summed E-state index contributed by atoms with van der Waals surface area (Å²) in [7, 11) is 2.07. The number of likely N-dealkylation sites (N-methyl/N-ethyl adjacent to an activating group) is 1. The van der Waals surface area contributed by atoms with Gasteiger partial charge in [-0.3, -0.25) is 24.2 Å². The molecular formula is C22H23N3O3. The number of hydrogen-bond donors (Lipinski definition) is 0. The number of benzene rings is 2. The lowest BCUT2D eigenvalue weighted by atomic mass is 10.0. The van der Waals surface area contributed by atoms with Gasteiger partial charge in [-0.25, -0.2) is 0 Å². The second kappa shape index (κ2) is 7.56. The monoisotopic (exact) mass is 377 g/mol. The van der Waals surface area contributed by atoms with Gasteiger partial charge in [0.2, 0.25) is 5.91 Å². The van der Waals surface area contributed by atoms with Crippen LogP contribution in [0.1, 0.15) is 38.7 Å². The second-order valence-corrected chi connectivity index (χ2v) is 7.30. The molecule has 2 aliphatic rings. The Hall–Kier alpha value is -2.99. The quantitative estimate of drug-likeness (QED) is 0.767. The van der Waals surface area contributed by atoms with Gasteiger partial charge in [-0.2, -0.15) is 0 Å². The first-order valence-electron chi connectivity index (χ1n) is 9.54. The molecule has 2 aromatic carbocycles. The molecule has 1 saturated heterocycles. The van der Waals surface area contributed by atoms with E-state index in [0.29, 0.717) is 24.2 Å². The lowest BCUT2D eigenvalue weighted by Crippen LogP contribution is -2.49. The number of hydrogen-bond acceptors (Lipinski definition) is 4. The fraction of sp³-hybridized carbons (Fsp3) is 0.318. The highest BCUT2D eigenvalue weighted by Crippen LogP contribution is 2.25. The molecule has 0 N–H and O–H groups in total. The van der Waals surface area contributed by atoms with E-state index in [9.17, 15) is 14.4 Å². The highest BCUT2D eigenvalue weighted by Gasteiger charge is 2.36. The Morgan fingerprint density at radius 2 is 1.54 bits per heavy atom. The number of amides is 3. The third-order valence-electron chi connectivity index (χ3n) is 5.61. The maximum absolute atomic E-state index is 12.8. The first-order chi connectivity index (χ1) is 13.6. The molecule has 144 valence electrons. The summed E-state index contributed by atoms with van der Waals surface area (Å²) in [5, 5.41) is 0. The van der Waals surface area contributed by atoms with Crippen LogP contribution in [-0.4, -0.2) is 65.6 Å². The fourth-order valence-electron chi connectivity index (χ4n) is 3.94. The van der Waals surface area contributed by atoms with Crippen molar-refractivity contribution in [2.75, 3.05) is 33.2 Å². The number of nitrogens with zero attached hydrogens (tertiary/aromatic N) is 3. The van der Waals surface area contributed by atoms with E-state index in [0.717, 1.165) is 6.54 Å². The van der Waals surface area contributed by atoms with Crippen LogP contribution in [0.2, 0.25) is 0 Å². The summed E-state index contributed by atoms with van der Waals surface area (Å²) < 4.78 is 0. The Balaban J connectivity index is 1.39. The van der Waals surface area contributed by atoms with Crippen LogP contribution in [0.15, 0.2) is 54.6 Å². The first-order valence-corrected chi connectivity index (χ1v) is 9.54. The molecular weight excluding hydrogens is 354 g/mol. The maximum atomic E-state index is 12.8. The van der Waals surface area contributed by atoms with Crippen molar-refractivity contribution >= 4 is 17.7 Å². The van der Waals surface area contributed by atoms with Gasteiger partial charge in [0.1, 0.15) is 0 Å². The molecule has 1 fully saturated rings. The molecule has 2 heterocycles. The Morgan fingerprint density at radius 3 is 2.18 bits per heavy atom. The van der Waals surface area contributed by atoms with Crippen LogP contribution in [0.3, 0.4) is 0 Å². The third-order valence-corrected chi connectivity index (χ3v) is 5.61. The van der Waals surface area contributed by atoms with E-state index >= 15 is 0 Å². The number of carbonyl (C=O) groups excluding carboxylic acids is 3. The summed E-state index contributed by atoms with van der Waals surface area (Å²) in [5.41, 5.74) is 2.02. The van der Waals surface area contributed by atoms with Crippen LogP contribution in [0.5, 0.6) is 0 Å². The van der Waals surface area contributed by atoms with Crippen molar-refractivity contribution in [3.05, 3.63) is 71.3 Å². The molecule has 6 heteroatoms. The Bertz CT molecular complexity index is 877. The van der Waals surface area contributed by atoms with E-state index in [1.165, 1.54) is 10.5 Å². The summed E-state index contributed by atoms with van der Waals surface area (Å²) in [6, 6.07) is 17.1. The van der Waals surface area contributed by atoms with Crippen molar-refractivity contribution in [1.29, 1.82) is 0 Å². The van der Waals surface area contributed by atoms with Crippen LogP contribution < -0.4 is 0 Å². The van der Waals surface area contributed by atoms with E-state index < -0.39 is 0 Å². The molecule has 6 nitrogen and oxygen atoms in total.